The number of hydrogen-bond acceptors (Lipinski definition) is 4. The van der Waals surface area contributed by atoms with Crippen molar-refractivity contribution in [3.63, 3.8) is 0 Å². The number of halogens is 1. The highest BCUT2D eigenvalue weighted by atomic mass is 79.9. The Balaban J connectivity index is 1.82. The Labute approximate surface area is 128 Å². The van der Waals surface area contributed by atoms with Crippen LogP contribution >= 0.6 is 15.9 Å². The molecule has 0 radical (unpaired) electrons. The van der Waals surface area contributed by atoms with Gasteiger partial charge in [-0.15, -0.1) is 10.2 Å². The quantitative estimate of drug-likeness (QED) is 0.734. The molecule has 1 aromatic carbocycles. The van der Waals surface area contributed by atoms with Gasteiger partial charge in [-0.1, -0.05) is 38.3 Å². The summed E-state index contributed by atoms with van der Waals surface area (Å²) in [6, 6.07) is 7.84. The van der Waals surface area contributed by atoms with Crippen LogP contribution in [0.25, 0.3) is 11.5 Å². The second-order valence-corrected chi connectivity index (χ2v) is 5.57. The molecule has 0 aliphatic rings. The lowest BCUT2D eigenvalue weighted by Gasteiger charge is -2.01. The lowest BCUT2D eigenvalue weighted by molar-refractivity contribution is 0.472. The molecule has 0 saturated heterocycles. The number of benzene rings is 1. The van der Waals surface area contributed by atoms with Crippen LogP contribution in [-0.2, 0) is 6.54 Å². The minimum atomic E-state index is 0.556. The van der Waals surface area contributed by atoms with Gasteiger partial charge in [-0.05, 0) is 41.0 Å². The zero-order valence-corrected chi connectivity index (χ0v) is 13.3. The van der Waals surface area contributed by atoms with Crippen molar-refractivity contribution < 1.29 is 4.42 Å². The van der Waals surface area contributed by atoms with E-state index in [1.807, 2.05) is 24.3 Å². The van der Waals surface area contributed by atoms with Crippen LogP contribution in [-0.4, -0.2) is 16.7 Å². The number of nitrogens with one attached hydrogen (secondary N) is 1. The average molecular weight is 338 g/mol. The number of nitrogens with zero attached hydrogens (tertiary/aromatic N) is 2. The molecule has 20 heavy (non-hydrogen) atoms. The fourth-order valence-corrected chi connectivity index (χ4v) is 2.40. The van der Waals surface area contributed by atoms with E-state index in [2.05, 4.69) is 38.4 Å². The summed E-state index contributed by atoms with van der Waals surface area (Å²) in [5.74, 6) is 1.19. The Morgan fingerprint density at radius 2 is 2.00 bits per heavy atom. The van der Waals surface area contributed by atoms with Crippen molar-refractivity contribution >= 4 is 15.9 Å². The van der Waals surface area contributed by atoms with Crippen molar-refractivity contribution in [2.24, 2.45) is 0 Å². The molecule has 1 N–H and O–H groups in total. The van der Waals surface area contributed by atoms with Crippen molar-refractivity contribution in [1.29, 1.82) is 0 Å². The van der Waals surface area contributed by atoms with E-state index in [0.717, 1.165) is 16.6 Å². The first-order valence-electron chi connectivity index (χ1n) is 7.09. The molecular weight excluding hydrogens is 318 g/mol. The van der Waals surface area contributed by atoms with E-state index in [1.165, 1.54) is 25.7 Å². The molecule has 1 aromatic heterocycles. The van der Waals surface area contributed by atoms with Crippen LogP contribution in [0.5, 0.6) is 0 Å². The minimum absolute atomic E-state index is 0.556. The summed E-state index contributed by atoms with van der Waals surface area (Å²) >= 11 is 3.49. The van der Waals surface area contributed by atoms with Gasteiger partial charge in [-0.2, -0.15) is 0 Å². The summed E-state index contributed by atoms with van der Waals surface area (Å²) in [4.78, 5) is 0. The predicted molar refractivity (Wildman–Crippen MR) is 83.3 cm³/mol. The highest BCUT2D eigenvalue weighted by molar-refractivity contribution is 9.10. The number of unbranched alkanes of at least 4 members (excludes halogenated alkanes) is 3. The van der Waals surface area contributed by atoms with Gasteiger partial charge >= 0.3 is 0 Å². The van der Waals surface area contributed by atoms with Gasteiger partial charge < -0.3 is 9.73 Å². The smallest absolute Gasteiger partial charge is 0.248 e. The van der Waals surface area contributed by atoms with Gasteiger partial charge in [0, 0.05) is 4.47 Å². The van der Waals surface area contributed by atoms with Gasteiger partial charge in [-0.3, -0.25) is 0 Å². The Bertz CT molecular complexity index is 527. The maximum Gasteiger partial charge on any atom is 0.248 e. The van der Waals surface area contributed by atoms with Gasteiger partial charge in [-0.25, -0.2) is 0 Å². The molecule has 0 fully saturated rings. The molecule has 2 aromatic rings. The van der Waals surface area contributed by atoms with Crippen molar-refractivity contribution in [2.75, 3.05) is 6.54 Å². The Morgan fingerprint density at radius 1 is 1.15 bits per heavy atom. The SMILES string of the molecule is CCCCCCNCc1nnc(-c2ccccc2Br)o1. The van der Waals surface area contributed by atoms with Gasteiger partial charge in [0.15, 0.2) is 0 Å². The fraction of sp³-hybridized carbons (Fsp3) is 0.467. The molecule has 0 aliphatic carbocycles. The molecule has 0 bridgehead atoms. The van der Waals surface area contributed by atoms with Crippen molar-refractivity contribution in [3.05, 3.63) is 34.6 Å². The van der Waals surface area contributed by atoms with Crippen LogP contribution in [0.1, 0.15) is 38.5 Å². The van der Waals surface area contributed by atoms with Crippen LogP contribution in [0, 0.1) is 0 Å². The second-order valence-electron chi connectivity index (χ2n) is 4.72. The molecule has 2 rings (SSSR count). The van der Waals surface area contributed by atoms with E-state index < -0.39 is 0 Å². The van der Waals surface area contributed by atoms with E-state index in [-0.39, 0.29) is 0 Å². The lowest BCUT2D eigenvalue weighted by atomic mass is 10.2. The molecule has 108 valence electrons. The zero-order valence-electron chi connectivity index (χ0n) is 11.7. The van der Waals surface area contributed by atoms with E-state index in [9.17, 15) is 0 Å². The summed E-state index contributed by atoms with van der Waals surface area (Å²) in [5, 5.41) is 11.5. The molecule has 4 nitrogen and oxygen atoms in total. The Morgan fingerprint density at radius 3 is 2.80 bits per heavy atom. The summed E-state index contributed by atoms with van der Waals surface area (Å²) in [5.41, 5.74) is 0.925. The largest absolute Gasteiger partial charge is 0.419 e. The number of hydrogen-bond donors (Lipinski definition) is 1. The highest BCUT2D eigenvalue weighted by Crippen LogP contribution is 2.26. The summed E-state index contributed by atoms with van der Waals surface area (Å²) < 4.78 is 6.62. The third kappa shape index (κ3) is 4.42. The first kappa shape index (κ1) is 15.2. The molecule has 0 amide bonds. The number of aromatic nitrogens is 2. The maximum absolute atomic E-state index is 5.66. The van der Waals surface area contributed by atoms with Crippen LogP contribution in [0.4, 0.5) is 0 Å². The summed E-state index contributed by atoms with van der Waals surface area (Å²) in [6.07, 6.45) is 5.03. The van der Waals surface area contributed by atoms with Gasteiger partial charge in [0.05, 0.1) is 12.1 Å². The fourth-order valence-electron chi connectivity index (χ4n) is 1.94. The topological polar surface area (TPSA) is 51.0 Å². The third-order valence-corrected chi connectivity index (χ3v) is 3.75. The first-order valence-corrected chi connectivity index (χ1v) is 7.88. The van der Waals surface area contributed by atoms with Crippen LogP contribution in [0.2, 0.25) is 0 Å². The normalized spacial score (nSPS) is 10.9. The van der Waals surface area contributed by atoms with Gasteiger partial charge in [0.1, 0.15) is 0 Å². The standard InChI is InChI=1S/C15H20BrN3O/c1-2-3-4-7-10-17-11-14-18-19-15(20-14)12-8-5-6-9-13(12)16/h5-6,8-9,17H,2-4,7,10-11H2,1H3. The van der Waals surface area contributed by atoms with E-state index in [1.54, 1.807) is 0 Å². The number of rotatable bonds is 8. The minimum Gasteiger partial charge on any atom is -0.419 e. The predicted octanol–water partition coefficient (Wildman–Crippen LogP) is 4.17. The van der Waals surface area contributed by atoms with Crippen molar-refractivity contribution in [2.45, 2.75) is 39.2 Å². The molecule has 0 saturated carbocycles. The highest BCUT2D eigenvalue weighted by Gasteiger charge is 2.10. The summed E-state index contributed by atoms with van der Waals surface area (Å²) in [7, 11) is 0. The molecule has 5 heteroatoms. The zero-order chi connectivity index (χ0) is 14.2. The second kappa shape index (κ2) is 8.17. The molecule has 0 spiro atoms. The van der Waals surface area contributed by atoms with Crippen LogP contribution in [0.3, 0.4) is 0 Å². The summed E-state index contributed by atoms with van der Waals surface area (Å²) in [6.45, 7) is 3.84. The molecule has 0 unspecified atom stereocenters. The molecule has 0 atom stereocenters. The first-order chi connectivity index (χ1) is 9.81. The average Bonchev–Trinajstić information content (AvgIpc) is 2.92. The van der Waals surface area contributed by atoms with Crippen molar-refractivity contribution in [3.8, 4) is 11.5 Å². The van der Waals surface area contributed by atoms with E-state index in [0.29, 0.717) is 18.3 Å². The lowest BCUT2D eigenvalue weighted by Crippen LogP contribution is -2.14. The van der Waals surface area contributed by atoms with Crippen LogP contribution in [0.15, 0.2) is 33.2 Å². The Hall–Kier alpha value is -1.20. The molecular formula is C15H20BrN3O. The molecule has 0 aliphatic heterocycles. The van der Waals surface area contributed by atoms with Crippen LogP contribution < -0.4 is 5.32 Å². The van der Waals surface area contributed by atoms with E-state index >= 15 is 0 Å². The Kier molecular flexibility index (Phi) is 6.21. The van der Waals surface area contributed by atoms with Gasteiger partial charge in [0.25, 0.3) is 0 Å². The maximum atomic E-state index is 5.66. The third-order valence-electron chi connectivity index (χ3n) is 3.05. The monoisotopic (exact) mass is 337 g/mol. The van der Waals surface area contributed by atoms with E-state index in [4.69, 9.17) is 4.42 Å². The molecule has 1 heterocycles. The van der Waals surface area contributed by atoms with Crippen molar-refractivity contribution in [1.82, 2.24) is 15.5 Å². The van der Waals surface area contributed by atoms with Gasteiger partial charge in [0.2, 0.25) is 11.8 Å².